The number of aromatic hydroxyl groups is 1. The number of hydrogen-bond donors (Lipinski definition) is 4. The molecule has 1 atom stereocenters. The van der Waals surface area contributed by atoms with Gasteiger partial charge in [0, 0.05) is 39.8 Å². The first kappa shape index (κ1) is 21.5. The largest absolute Gasteiger partial charge is 0.508 e. The molecule has 3 aromatic carbocycles. The minimum atomic E-state index is -0.848. The number of hydrogen-bond acceptors (Lipinski definition) is 3. The van der Waals surface area contributed by atoms with Crippen molar-refractivity contribution < 1.29 is 14.7 Å². The monoisotopic (exact) mass is 447 g/mol. The molecule has 162 valence electrons. The molecule has 6 nitrogen and oxygen atoms in total. The predicted octanol–water partition coefficient (Wildman–Crippen LogP) is 4.82. The zero-order valence-corrected chi connectivity index (χ0v) is 18.1. The number of rotatable bonds is 6. The van der Waals surface area contributed by atoms with Crippen LogP contribution in [0.25, 0.3) is 10.9 Å². The maximum Gasteiger partial charge on any atom is 0.252 e. The van der Waals surface area contributed by atoms with E-state index in [0.717, 1.165) is 22.0 Å². The van der Waals surface area contributed by atoms with Crippen LogP contribution in [0.2, 0.25) is 5.02 Å². The molecule has 0 aliphatic heterocycles. The second-order valence-corrected chi connectivity index (χ2v) is 8.03. The van der Waals surface area contributed by atoms with Gasteiger partial charge in [0.05, 0.1) is 0 Å². The fraction of sp³-hybridized carbons (Fsp3) is 0.120. The smallest absolute Gasteiger partial charge is 0.252 e. The SMILES string of the molecule is Cc1ccc(Cl)cc1NC(=O)C(Cc1ccc(O)cc1)NC(=O)c1cccc2[nH]ccc12. The number of nitrogens with one attached hydrogen (secondary N) is 3. The van der Waals surface area contributed by atoms with Crippen molar-refractivity contribution in [3.8, 4) is 5.75 Å². The third kappa shape index (κ3) is 4.76. The van der Waals surface area contributed by atoms with Gasteiger partial charge in [-0.2, -0.15) is 0 Å². The first-order valence-electron chi connectivity index (χ1n) is 10.1. The quantitative estimate of drug-likeness (QED) is 0.341. The number of aromatic amines is 1. The highest BCUT2D eigenvalue weighted by Gasteiger charge is 2.23. The van der Waals surface area contributed by atoms with Gasteiger partial charge in [-0.05, 0) is 60.5 Å². The minimum absolute atomic E-state index is 0.132. The van der Waals surface area contributed by atoms with Crippen molar-refractivity contribution in [2.24, 2.45) is 0 Å². The van der Waals surface area contributed by atoms with Gasteiger partial charge in [-0.3, -0.25) is 9.59 Å². The fourth-order valence-corrected chi connectivity index (χ4v) is 3.72. The van der Waals surface area contributed by atoms with E-state index in [9.17, 15) is 14.7 Å². The van der Waals surface area contributed by atoms with Crippen LogP contribution in [-0.4, -0.2) is 27.9 Å². The lowest BCUT2D eigenvalue weighted by atomic mass is 10.0. The van der Waals surface area contributed by atoms with Crippen molar-refractivity contribution in [3.05, 3.63) is 94.6 Å². The number of anilines is 1. The summed E-state index contributed by atoms with van der Waals surface area (Å²) in [6.45, 7) is 1.87. The van der Waals surface area contributed by atoms with E-state index in [1.807, 2.05) is 25.1 Å². The Morgan fingerprint density at radius 2 is 1.84 bits per heavy atom. The molecule has 0 radical (unpaired) electrons. The van der Waals surface area contributed by atoms with Gasteiger partial charge in [-0.15, -0.1) is 0 Å². The Balaban J connectivity index is 1.61. The molecular formula is C25H22ClN3O3. The number of amides is 2. The third-order valence-corrected chi connectivity index (χ3v) is 5.53. The van der Waals surface area contributed by atoms with Crippen LogP contribution in [0.4, 0.5) is 5.69 Å². The van der Waals surface area contributed by atoms with Gasteiger partial charge in [-0.1, -0.05) is 35.9 Å². The lowest BCUT2D eigenvalue weighted by Gasteiger charge is -2.20. The summed E-state index contributed by atoms with van der Waals surface area (Å²) in [7, 11) is 0. The number of benzene rings is 3. The molecule has 0 aliphatic carbocycles. The summed E-state index contributed by atoms with van der Waals surface area (Å²) in [5.41, 5.74) is 3.55. The number of phenols is 1. The molecule has 0 saturated carbocycles. The Hall–Kier alpha value is -3.77. The number of aryl methyl sites for hydroxylation is 1. The van der Waals surface area contributed by atoms with Crippen LogP contribution in [-0.2, 0) is 11.2 Å². The summed E-state index contributed by atoms with van der Waals surface area (Å²) >= 11 is 6.09. The van der Waals surface area contributed by atoms with Crippen LogP contribution in [0.1, 0.15) is 21.5 Å². The fourth-order valence-electron chi connectivity index (χ4n) is 3.55. The average Bonchev–Trinajstić information content (AvgIpc) is 3.26. The molecule has 32 heavy (non-hydrogen) atoms. The van der Waals surface area contributed by atoms with Crippen molar-refractivity contribution in [3.63, 3.8) is 0 Å². The van der Waals surface area contributed by atoms with Crippen molar-refractivity contribution in [2.75, 3.05) is 5.32 Å². The zero-order chi connectivity index (χ0) is 22.7. The predicted molar refractivity (Wildman–Crippen MR) is 126 cm³/mol. The van der Waals surface area contributed by atoms with Gasteiger partial charge in [0.1, 0.15) is 11.8 Å². The maximum absolute atomic E-state index is 13.2. The molecule has 0 spiro atoms. The van der Waals surface area contributed by atoms with Crippen LogP contribution in [0, 0.1) is 6.92 Å². The highest BCUT2D eigenvalue weighted by Crippen LogP contribution is 2.22. The van der Waals surface area contributed by atoms with Gasteiger partial charge < -0.3 is 20.7 Å². The summed E-state index contributed by atoms with van der Waals surface area (Å²) in [5, 5.41) is 16.6. The minimum Gasteiger partial charge on any atom is -0.508 e. The molecular weight excluding hydrogens is 426 g/mol. The second-order valence-electron chi connectivity index (χ2n) is 7.59. The maximum atomic E-state index is 13.2. The Morgan fingerprint density at radius 1 is 1.06 bits per heavy atom. The zero-order valence-electron chi connectivity index (χ0n) is 17.4. The summed E-state index contributed by atoms with van der Waals surface area (Å²) in [5.74, 6) is -0.581. The van der Waals surface area contributed by atoms with Crippen LogP contribution in [0.3, 0.4) is 0 Å². The van der Waals surface area contributed by atoms with E-state index >= 15 is 0 Å². The Morgan fingerprint density at radius 3 is 2.62 bits per heavy atom. The molecule has 0 fully saturated rings. The van der Waals surface area contributed by atoms with E-state index < -0.39 is 6.04 Å². The van der Waals surface area contributed by atoms with Crippen LogP contribution >= 0.6 is 11.6 Å². The van der Waals surface area contributed by atoms with Gasteiger partial charge >= 0.3 is 0 Å². The molecule has 1 aromatic heterocycles. The van der Waals surface area contributed by atoms with E-state index in [-0.39, 0.29) is 24.0 Å². The number of carbonyl (C=O) groups is 2. The normalized spacial score (nSPS) is 11.8. The van der Waals surface area contributed by atoms with Crippen molar-refractivity contribution >= 4 is 40.0 Å². The molecule has 1 heterocycles. The van der Waals surface area contributed by atoms with E-state index in [4.69, 9.17) is 11.6 Å². The van der Waals surface area contributed by atoms with Crippen LogP contribution in [0.15, 0.2) is 72.9 Å². The average molecular weight is 448 g/mol. The molecule has 7 heteroatoms. The molecule has 0 bridgehead atoms. The van der Waals surface area contributed by atoms with Gasteiger partial charge in [0.15, 0.2) is 0 Å². The summed E-state index contributed by atoms with van der Waals surface area (Å²) in [6, 6.07) is 18.2. The Labute approximate surface area is 190 Å². The van der Waals surface area contributed by atoms with E-state index in [1.165, 1.54) is 0 Å². The Bertz CT molecular complexity index is 1280. The van der Waals surface area contributed by atoms with Crippen molar-refractivity contribution in [1.82, 2.24) is 10.3 Å². The number of phenolic OH excluding ortho intramolecular Hbond substituents is 1. The number of aromatic nitrogens is 1. The third-order valence-electron chi connectivity index (χ3n) is 5.30. The van der Waals surface area contributed by atoms with Crippen molar-refractivity contribution in [1.29, 1.82) is 0 Å². The standard InChI is InChI=1S/C25H22ClN3O3/c1-15-5-8-17(26)14-22(15)28-25(32)23(13-16-6-9-18(30)10-7-16)29-24(31)20-3-2-4-21-19(20)11-12-27-21/h2-12,14,23,27,30H,13H2,1H3,(H,28,32)(H,29,31). The summed E-state index contributed by atoms with van der Waals surface area (Å²) in [6.07, 6.45) is 2.02. The first-order valence-corrected chi connectivity index (χ1v) is 10.5. The molecule has 4 rings (SSSR count). The van der Waals surface area contributed by atoms with Crippen LogP contribution < -0.4 is 10.6 Å². The first-order chi connectivity index (χ1) is 15.4. The van der Waals surface area contributed by atoms with Gasteiger partial charge in [-0.25, -0.2) is 0 Å². The second kappa shape index (κ2) is 9.16. The summed E-state index contributed by atoms with van der Waals surface area (Å²) < 4.78 is 0. The number of halogens is 1. The van der Waals surface area contributed by atoms with Gasteiger partial charge in [0.2, 0.25) is 5.91 Å². The molecule has 0 saturated heterocycles. The molecule has 2 amide bonds. The summed E-state index contributed by atoms with van der Waals surface area (Å²) in [4.78, 5) is 29.4. The number of carbonyl (C=O) groups excluding carboxylic acids is 2. The van der Waals surface area contributed by atoms with Crippen LogP contribution in [0.5, 0.6) is 5.75 Å². The lowest BCUT2D eigenvalue weighted by Crippen LogP contribution is -2.45. The van der Waals surface area contributed by atoms with E-state index in [2.05, 4.69) is 15.6 Å². The highest BCUT2D eigenvalue weighted by atomic mass is 35.5. The van der Waals surface area contributed by atoms with E-state index in [1.54, 1.807) is 54.7 Å². The Kier molecular flexibility index (Phi) is 6.14. The molecule has 0 aliphatic rings. The number of fused-ring (bicyclic) bond motifs is 1. The van der Waals surface area contributed by atoms with E-state index in [0.29, 0.717) is 16.3 Å². The molecule has 4 N–H and O–H groups in total. The molecule has 4 aromatic rings. The lowest BCUT2D eigenvalue weighted by molar-refractivity contribution is -0.118. The van der Waals surface area contributed by atoms with Crippen molar-refractivity contribution in [2.45, 2.75) is 19.4 Å². The highest BCUT2D eigenvalue weighted by molar-refractivity contribution is 6.31. The number of H-pyrrole nitrogens is 1. The van der Waals surface area contributed by atoms with Gasteiger partial charge in [0.25, 0.3) is 5.91 Å². The molecule has 1 unspecified atom stereocenters. The topological polar surface area (TPSA) is 94.2 Å².